The topological polar surface area (TPSA) is 37.3 Å². The normalized spacial score (nSPS) is 11.3. The third-order valence-electron chi connectivity index (χ3n) is 3.43. The van der Waals surface area contributed by atoms with Crippen LogP contribution in [0.4, 0.5) is 4.39 Å². The molecule has 0 atom stereocenters. The lowest BCUT2D eigenvalue weighted by Crippen LogP contribution is -2.21. The number of benzene rings is 2. The van der Waals surface area contributed by atoms with Crippen molar-refractivity contribution in [2.75, 3.05) is 0 Å². The molecule has 0 aromatic heterocycles. The van der Waals surface area contributed by atoms with Gasteiger partial charge in [0.1, 0.15) is 5.82 Å². The first kappa shape index (κ1) is 14.3. The summed E-state index contributed by atoms with van der Waals surface area (Å²) >= 11 is 0. The summed E-state index contributed by atoms with van der Waals surface area (Å²) in [5.41, 5.74) is 1.57. The van der Waals surface area contributed by atoms with Crippen LogP contribution in [-0.2, 0) is 10.2 Å². The van der Waals surface area contributed by atoms with Crippen molar-refractivity contribution < 1.29 is 14.3 Å². The van der Waals surface area contributed by atoms with Crippen molar-refractivity contribution in [1.82, 2.24) is 0 Å². The smallest absolute Gasteiger partial charge is 0.304 e. The standard InChI is InChI=1S/C17H17FO2/c1-17(2,11-16(19)20)13-8-9-15(18)14(10-13)12-6-4-3-5-7-12/h3-10H,11H2,1-2H3,(H,19,20). The monoisotopic (exact) mass is 272 g/mol. The minimum absolute atomic E-state index is 0.00681. The molecular formula is C17H17FO2. The number of hydrogen-bond acceptors (Lipinski definition) is 1. The molecule has 1 N–H and O–H groups in total. The van der Waals surface area contributed by atoms with Crippen molar-refractivity contribution in [1.29, 1.82) is 0 Å². The number of carboxylic acid groups (broad SMARTS) is 1. The van der Waals surface area contributed by atoms with E-state index in [-0.39, 0.29) is 12.2 Å². The third-order valence-corrected chi connectivity index (χ3v) is 3.43. The summed E-state index contributed by atoms with van der Waals surface area (Å²) in [6.45, 7) is 3.70. The van der Waals surface area contributed by atoms with E-state index in [1.807, 2.05) is 44.2 Å². The van der Waals surface area contributed by atoms with Crippen LogP contribution in [0.15, 0.2) is 48.5 Å². The van der Waals surface area contributed by atoms with E-state index in [9.17, 15) is 9.18 Å². The second kappa shape index (κ2) is 5.45. The summed E-state index contributed by atoms with van der Waals surface area (Å²) in [6, 6.07) is 14.1. The van der Waals surface area contributed by atoms with Crippen molar-refractivity contribution in [3.05, 3.63) is 59.9 Å². The lowest BCUT2D eigenvalue weighted by Gasteiger charge is -2.24. The van der Waals surface area contributed by atoms with E-state index in [0.717, 1.165) is 11.1 Å². The second-order valence-corrected chi connectivity index (χ2v) is 5.52. The molecule has 0 saturated heterocycles. The maximum atomic E-state index is 14.0. The van der Waals surface area contributed by atoms with Gasteiger partial charge in [-0.2, -0.15) is 0 Å². The van der Waals surface area contributed by atoms with Gasteiger partial charge in [0.05, 0.1) is 6.42 Å². The number of carbonyl (C=O) groups is 1. The Kier molecular flexibility index (Phi) is 3.89. The molecule has 0 aliphatic rings. The molecule has 0 bridgehead atoms. The Morgan fingerprint density at radius 2 is 1.80 bits per heavy atom. The predicted molar refractivity (Wildman–Crippen MR) is 77.1 cm³/mol. The first-order chi connectivity index (χ1) is 9.40. The highest BCUT2D eigenvalue weighted by Gasteiger charge is 2.25. The second-order valence-electron chi connectivity index (χ2n) is 5.52. The van der Waals surface area contributed by atoms with Gasteiger partial charge in [0.25, 0.3) is 0 Å². The van der Waals surface area contributed by atoms with Gasteiger partial charge in [0.15, 0.2) is 0 Å². The Bertz CT molecular complexity index is 618. The molecule has 0 aliphatic carbocycles. The third kappa shape index (κ3) is 3.05. The van der Waals surface area contributed by atoms with Crippen LogP contribution in [0.3, 0.4) is 0 Å². The molecule has 2 nitrogen and oxygen atoms in total. The van der Waals surface area contributed by atoms with E-state index in [1.54, 1.807) is 12.1 Å². The fourth-order valence-corrected chi connectivity index (χ4v) is 2.27. The van der Waals surface area contributed by atoms with Gasteiger partial charge in [0, 0.05) is 11.0 Å². The van der Waals surface area contributed by atoms with E-state index in [2.05, 4.69) is 0 Å². The number of rotatable bonds is 4. The predicted octanol–water partition coefficient (Wildman–Crippen LogP) is 4.25. The van der Waals surface area contributed by atoms with Crippen molar-refractivity contribution in [3.63, 3.8) is 0 Å². The minimum atomic E-state index is -0.861. The molecule has 2 aromatic carbocycles. The van der Waals surface area contributed by atoms with Gasteiger partial charge < -0.3 is 5.11 Å². The summed E-state index contributed by atoms with van der Waals surface area (Å²) in [5.74, 6) is -1.16. The van der Waals surface area contributed by atoms with Gasteiger partial charge >= 0.3 is 5.97 Å². The molecule has 104 valence electrons. The highest BCUT2D eigenvalue weighted by molar-refractivity contribution is 5.70. The number of carboxylic acids is 1. The molecule has 0 fully saturated rings. The molecule has 3 heteroatoms. The van der Waals surface area contributed by atoms with Crippen LogP contribution < -0.4 is 0 Å². The summed E-state index contributed by atoms with van der Waals surface area (Å²) in [5, 5.41) is 8.98. The Labute approximate surface area is 117 Å². The van der Waals surface area contributed by atoms with Gasteiger partial charge in [0.2, 0.25) is 0 Å². The fourth-order valence-electron chi connectivity index (χ4n) is 2.27. The highest BCUT2D eigenvalue weighted by atomic mass is 19.1. The van der Waals surface area contributed by atoms with Crippen molar-refractivity contribution in [2.45, 2.75) is 25.7 Å². The largest absolute Gasteiger partial charge is 0.481 e. The van der Waals surface area contributed by atoms with Crippen LogP contribution in [0.1, 0.15) is 25.8 Å². The number of halogens is 1. The maximum absolute atomic E-state index is 14.0. The summed E-state index contributed by atoms with van der Waals surface area (Å²) in [4.78, 5) is 10.9. The quantitative estimate of drug-likeness (QED) is 0.903. The molecule has 0 spiro atoms. The molecule has 0 amide bonds. The van der Waals surface area contributed by atoms with E-state index < -0.39 is 11.4 Å². The molecule has 0 unspecified atom stereocenters. The molecule has 2 rings (SSSR count). The van der Waals surface area contributed by atoms with E-state index >= 15 is 0 Å². The van der Waals surface area contributed by atoms with Crippen LogP contribution in [0, 0.1) is 5.82 Å². The lowest BCUT2D eigenvalue weighted by atomic mass is 9.80. The SMILES string of the molecule is CC(C)(CC(=O)O)c1ccc(F)c(-c2ccccc2)c1. The number of hydrogen-bond donors (Lipinski definition) is 1. The zero-order chi connectivity index (χ0) is 14.8. The lowest BCUT2D eigenvalue weighted by molar-refractivity contribution is -0.138. The van der Waals surface area contributed by atoms with Crippen molar-refractivity contribution in [2.24, 2.45) is 0 Å². The van der Waals surface area contributed by atoms with Crippen LogP contribution >= 0.6 is 0 Å². The van der Waals surface area contributed by atoms with Crippen molar-refractivity contribution >= 4 is 5.97 Å². The molecule has 2 aromatic rings. The molecule has 0 saturated carbocycles. The fraction of sp³-hybridized carbons (Fsp3) is 0.235. The van der Waals surface area contributed by atoms with Gasteiger partial charge in [-0.1, -0.05) is 50.2 Å². The Morgan fingerprint density at radius 3 is 2.40 bits per heavy atom. The van der Waals surface area contributed by atoms with E-state index in [1.165, 1.54) is 6.07 Å². The summed E-state index contributed by atoms with van der Waals surface area (Å²) < 4.78 is 14.0. The van der Waals surface area contributed by atoms with Gasteiger partial charge in [-0.3, -0.25) is 4.79 Å². The Morgan fingerprint density at radius 1 is 1.15 bits per heavy atom. The van der Waals surface area contributed by atoms with Crippen LogP contribution in [0.2, 0.25) is 0 Å². The molecule has 0 radical (unpaired) electrons. The minimum Gasteiger partial charge on any atom is -0.481 e. The maximum Gasteiger partial charge on any atom is 0.304 e. The first-order valence-electron chi connectivity index (χ1n) is 6.47. The molecule has 0 heterocycles. The molecule has 20 heavy (non-hydrogen) atoms. The number of aliphatic carboxylic acids is 1. The first-order valence-corrected chi connectivity index (χ1v) is 6.47. The van der Waals surface area contributed by atoms with E-state index in [0.29, 0.717) is 5.56 Å². The zero-order valence-corrected chi connectivity index (χ0v) is 11.6. The van der Waals surface area contributed by atoms with Gasteiger partial charge in [-0.25, -0.2) is 4.39 Å². The average molecular weight is 272 g/mol. The Balaban J connectivity index is 2.46. The van der Waals surface area contributed by atoms with E-state index in [4.69, 9.17) is 5.11 Å². The van der Waals surface area contributed by atoms with Gasteiger partial charge in [-0.05, 0) is 23.3 Å². The van der Waals surface area contributed by atoms with Crippen LogP contribution in [0.5, 0.6) is 0 Å². The van der Waals surface area contributed by atoms with Crippen LogP contribution in [-0.4, -0.2) is 11.1 Å². The average Bonchev–Trinajstić information content (AvgIpc) is 2.38. The Hall–Kier alpha value is -2.16. The van der Waals surface area contributed by atoms with Crippen LogP contribution in [0.25, 0.3) is 11.1 Å². The van der Waals surface area contributed by atoms with Gasteiger partial charge in [-0.15, -0.1) is 0 Å². The summed E-state index contributed by atoms with van der Waals surface area (Å²) in [6.07, 6.45) is 0.00681. The van der Waals surface area contributed by atoms with Crippen molar-refractivity contribution in [3.8, 4) is 11.1 Å². The summed E-state index contributed by atoms with van der Waals surface area (Å²) in [7, 11) is 0. The zero-order valence-electron chi connectivity index (χ0n) is 11.6. The highest BCUT2D eigenvalue weighted by Crippen LogP contribution is 2.32. The molecular weight excluding hydrogens is 255 g/mol. The molecule has 0 aliphatic heterocycles.